The molecule has 1 aromatic carbocycles. The van der Waals surface area contributed by atoms with Gasteiger partial charge in [-0.1, -0.05) is 6.07 Å². The second-order valence-electron chi connectivity index (χ2n) is 5.21. The molecule has 0 radical (unpaired) electrons. The molecule has 2 heterocycles. The Hall–Kier alpha value is -2.22. The number of halogens is 1. The summed E-state index contributed by atoms with van der Waals surface area (Å²) >= 11 is 2.24. The van der Waals surface area contributed by atoms with E-state index in [9.17, 15) is 4.79 Å². The van der Waals surface area contributed by atoms with E-state index in [1.165, 1.54) is 0 Å². The van der Waals surface area contributed by atoms with Gasteiger partial charge in [0.2, 0.25) is 0 Å². The van der Waals surface area contributed by atoms with Gasteiger partial charge in [-0.25, -0.2) is 9.67 Å². The minimum absolute atomic E-state index is 0.175. The molecule has 0 aliphatic heterocycles. The van der Waals surface area contributed by atoms with Gasteiger partial charge in [-0.05, 0) is 72.3 Å². The van der Waals surface area contributed by atoms with Crippen LogP contribution >= 0.6 is 22.6 Å². The molecule has 116 valence electrons. The molecule has 0 aliphatic rings. The van der Waals surface area contributed by atoms with Crippen molar-refractivity contribution in [3.63, 3.8) is 0 Å². The zero-order valence-corrected chi connectivity index (χ0v) is 14.9. The first-order chi connectivity index (χ1) is 11.0. The predicted octanol–water partition coefficient (Wildman–Crippen LogP) is 3.74. The Morgan fingerprint density at radius 2 is 2.04 bits per heavy atom. The smallest absolute Gasteiger partial charge is 0.259 e. The predicted molar refractivity (Wildman–Crippen MR) is 97.9 cm³/mol. The molecule has 6 heteroatoms. The minimum Gasteiger partial charge on any atom is -0.322 e. The first kappa shape index (κ1) is 15.7. The van der Waals surface area contributed by atoms with E-state index in [4.69, 9.17) is 0 Å². The largest absolute Gasteiger partial charge is 0.322 e. The van der Waals surface area contributed by atoms with Gasteiger partial charge in [0.05, 0.1) is 17.5 Å². The second kappa shape index (κ2) is 6.49. The number of aromatic nitrogens is 3. The van der Waals surface area contributed by atoms with Gasteiger partial charge in [-0.3, -0.25) is 4.79 Å². The van der Waals surface area contributed by atoms with Gasteiger partial charge in [-0.15, -0.1) is 0 Å². The van der Waals surface area contributed by atoms with Crippen LogP contribution in [0.4, 0.5) is 5.69 Å². The lowest BCUT2D eigenvalue weighted by atomic mass is 10.2. The molecule has 0 saturated heterocycles. The molecular formula is C17H15IN4O. The number of anilines is 1. The average molecular weight is 418 g/mol. The molecule has 23 heavy (non-hydrogen) atoms. The summed E-state index contributed by atoms with van der Waals surface area (Å²) in [6, 6.07) is 11.5. The highest BCUT2D eigenvalue weighted by atomic mass is 127. The molecule has 1 N–H and O–H groups in total. The van der Waals surface area contributed by atoms with Crippen molar-refractivity contribution >= 4 is 34.2 Å². The van der Waals surface area contributed by atoms with Crippen molar-refractivity contribution in [1.82, 2.24) is 14.8 Å². The van der Waals surface area contributed by atoms with Crippen molar-refractivity contribution in [1.29, 1.82) is 0 Å². The summed E-state index contributed by atoms with van der Waals surface area (Å²) in [5.74, 6) is 0.514. The summed E-state index contributed by atoms with van der Waals surface area (Å²) < 4.78 is 2.74. The Kier molecular flexibility index (Phi) is 4.42. The van der Waals surface area contributed by atoms with Gasteiger partial charge >= 0.3 is 0 Å². The highest BCUT2D eigenvalue weighted by Crippen LogP contribution is 2.18. The van der Waals surface area contributed by atoms with Crippen molar-refractivity contribution in [2.45, 2.75) is 13.8 Å². The third kappa shape index (κ3) is 3.42. The van der Waals surface area contributed by atoms with Crippen LogP contribution < -0.4 is 5.32 Å². The van der Waals surface area contributed by atoms with E-state index in [0.29, 0.717) is 11.4 Å². The number of carbonyl (C=O) groups excluding carboxylic acids is 1. The molecule has 0 aliphatic carbocycles. The third-order valence-electron chi connectivity index (χ3n) is 3.42. The molecule has 0 atom stereocenters. The Balaban J connectivity index is 1.87. The van der Waals surface area contributed by atoms with Gasteiger partial charge in [0, 0.05) is 15.5 Å². The fraction of sp³-hybridized carbons (Fsp3) is 0.118. The number of rotatable bonds is 3. The summed E-state index contributed by atoms with van der Waals surface area (Å²) in [5.41, 5.74) is 3.17. The summed E-state index contributed by atoms with van der Waals surface area (Å²) in [6.45, 7) is 3.86. The molecule has 0 fully saturated rings. The highest BCUT2D eigenvalue weighted by Gasteiger charge is 2.16. The van der Waals surface area contributed by atoms with Crippen molar-refractivity contribution in [3.8, 4) is 5.82 Å². The van der Waals surface area contributed by atoms with Crippen LogP contribution in [0.25, 0.3) is 5.82 Å². The van der Waals surface area contributed by atoms with Crippen molar-refractivity contribution < 1.29 is 4.79 Å². The number of hydrogen-bond donors (Lipinski definition) is 1. The van der Waals surface area contributed by atoms with Crippen LogP contribution in [-0.2, 0) is 0 Å². The Bertz CT molecular complexity index is 838. The van der Waals surface area contributed by atoms with Crippen LogP contribution in [0.2, 0.25) is 0 Å². The molecular weight excluding hydrogens is 403 g/mol. The summed E-state index contributed by atoms with van der Waals surface area (Å²) in [6.07, 6.45) is 3.27. The number of nitrogens with zero attached hydrogens (tertiary/aromatic N) is 3. The monoisotopic (exact) mass is 418 g/mol. The second-order valence-corrected chi connectivity index (χ2v) is 6.46. The zero-order chi connectivity index (χ0) is 16.4. The maximum atomic E-state index is 12.5. The van der Waals surface area contributed by atoms with Gasteiger partial charge in [0.25, 0.3) is 5.91 Å². The van der Waals surface area contributed by atoms with Gasteiger partial charge in [-0.2, -0.15) is 5.10 Å². The quantitative estimate of drug-likeness (QED) is 0.660. The number of benzene rings is 1. The van der Waals surface area contributed by atoms with Crippen molar-refractivity contribution in [2.24, 2.45) is 0 Å². The number of carbonyl (C=O) groups is 1. The van der Waals surface area contributed by atoms with E-state index in [2.05, 4.69) is 44.1 Å². The van der Waals surface area contributed by atoms with Crippen LogP contribution in [0.3, 0.4) is 0 Å². The van der Waals surface area contributed by atoms with E-state index >= 15 is 0 Å². The number of amides is 1. The molecule has 1 amide bonds. The molecule has 0 spiro atoms. The number of aryl methyl sites for hydroxylation is 1. The maximum Gasteiger partial charge on any atom is 0.259 e. The standard InChI is InChI=1S/C17H15IN4O/c1-11-7-13(18)9-14(8-11)21-17(23)15-10-20-22(12(15)2)16-5-3-4-6-19-16/h3-10H,1-2H3,(H,21,23). The fourth-order valence-corrected chi connectivity index (χ4v) is 3.18. The van der Waals surface area contributed by atoms with Gasteiger partial charge < -0.3 is 5.32 Å². The molecule has 0 bridgehead atoms. The SMILES string of the molecule is Cc1cc(I)cc(NC(=O)c2cnn(-c3ccccn3)c2C)c1. The van der Waals surface area contributed by atoms with Crippen LogP contribution in [-0.4, -0.2) is 20.7 Å². The summed E-state index contributed by atoms with van der Waals surface area (Å²) in [5, 5.41) is 7.20. The summed E-state index contributed by atoms with van der Waals surface area (Å²) in [7, 11) is 0. The number of nitrogens with one attached hydrogen (secondary N) is 1. The lowest BCUT2D eigenvalue weighted by Gasteiger charge is -2.07. The lowest BCUT2D eigenvalue weighted by Crippen LogP contribution is -2.13. The van der Waals surface area contributed by atoms with Crippen LogP contribution in [0.5, 0.6) is 0 Å². The normalized spacial score (nSPS) is 10.6. The molecule has 5 nitrogen and oxygen atoms in total. The van der Waals surface area contributed by atoms with Gasteiger partial charge in [0.1, 0.15) is 0 Å². The first-order valence-electron chi connectivity index (χ1n) is 7.09. The van der Waals surface area contributed by atoms with Crippen LogP contribution in [0, 0.1) is 17.4 Å². The lowest BCUT2D eigenvalue weighted by molar-refractivity contribution is 0.102. The molecule has 0 unspecified atom stereocenters. The average Bonchev–Trinajstić information content (AvgIpc) is 2.89. The molecule has 3 aromatic rings. The Morgan fingerprint density at radius 3 is 2.74 bits per heavy atom. The van der Waals surface area contributed by atoms with E-state index in [0.717, 1.165) is 20.5 Å². The van der Waals surface area contributed by atoms with Crippen LogP contribution in [0.1, 0.15) is 21.6 Å². The maximum absolute atomic E-state index is 12.5. The fourth-order valence-electron chi connectivity index (χ4n) is 2.35. The molecule has 2 aromatic heterocycles. The minimum atomic E-state index is -0.175. The van der Waals surface area contributed by atoms with Crippen molar-refractivity contribution in [3.05, 3.63) is 69.2 Å². The van der Waals surface area contributed by atoms with E-state index < -0.39 is 0 Å². The first-order valence-corrected chi connectivity index (χ1v) is 8.17. The topological polar surface area (TPSA) is 59.8 Å². The van der Waals surface area contributed by atoms with Gasteiger partial charge in [0.15, 0.2) is 5.82 Å². The molecule has 3 rings (SSSR count). The third-order valence-corrected chi connectivity index (χ3v) is 4.04. The Morgan fingerprint density at radius 1 is 1.22 bits per heavy atom. The van der Waals surface area contributed by atoms with E-state index in [1.54, 1.807) is 17.1 Å². The zero-order valence-electron chi connectivity index (χ0n) is 12.7. The number of hydrogen-bond acceptors (Lipinski definition) is 3. The highest BCUT2D eigenvalue weighted by molar-refractivity contribution is 14.1. The number of pyridine rings is 1. The van der Waals surface area contributed by atoms with Crippen LogP contribution in [0.15, 0.2) is 48.8 Å². The summed E-state index contributed by atoms with van der Waals surface area (Å²) in [4.78, 5) is 16.8. The Labute approximate surface area is 147 Å². The van der Waals surface area contributed by atoms with Crippen molar-refractivity contribution in [2.75, 3.05) is 5.32 Å². The van der Waals surface area contributed by atoms with E-state index in [1.807, 2.05) is 44.2 Å². The van der Waals surface area contributed by atoms with E-state index in [-0.39, 0.29) is 5.91 Å². The molecule has 0 saturated carbocycles.